The Kier molecular flexibility index (Phi) is 4.14. The molecule has 1 aliphatic carbocycles. The number of carboxylic acids is 1. The highest BCUT2D eigenvalue weighted by Crippen LogP contribution is 2.17. The average Bonchev–Trinajstić information content (AvgIpc) is 2.39. The van der Waals surface area contributed by atoms with Crippen molar-refractivity contribution in [2.45, 2.75) is 45.1 Å². The molecule has 1 aromatic heterocycles. The third-order valence-electron chi connectivity index (χ3n) is 3.49. The van der Waals surface area contributed by atoms with E-state index in [0.717, 1.165) is 25.7 Å². The normalized spacial score (nSPS) is 16.1. The van der Waals surface area contributed by atoms with Gasteiger partial charge >= 0.3 is 5.97 Å². The first kappa shape index (κ1) is 13.5. The van der Waals surface area contributed by atoms with Crippen LogP contribution < -0.4 is 5.32 Å². The first-order valence-electron chi connectivity index (χ1n) is 6.59. The fourth-order valence-electron chi connectivity index (χ4n) is 2.42. The molecule has 5 nitrogen and oxygen atoms in total. The summed E-state index contributed by atoms with van der Waals surface area (Å²) in [6.45, 7) is 1.60. The maximum Gasteiger partial charge on any atom is 0.337 e. The molecule has 0 unspecified atom stereocenters. The Balaban J connectivity index is 2.06. The van der Waals surface area contributed by atoms with Crippen molar-refractivity contribution in [3.05, 3.63) is 29.1 Å². The zero-order chi connectivity index (χ0) is 13.8. The fourth-order valence-corrected chi connectivity index (χ4v) is 2.42. The molecule has 0 atom stereocenters. The molecule has 0 spiro atoms. The highest BCUT2D eigenvalue weighted by Gasteiger charge is 2.18. The smallest absolute Gasteiger partial charge is 0.337 e. The van der Waals surface area contributed by atoms with E-state index in [1.165, 1.54) is 18.6 Å². The second kappa shape index (κ2) is 5.82. The summed E-state index contributed by atoms with van der Waals surface area (Å²) >= 11 is 0. The van der Waals surface area contributed by atoms with E-state index in [4.69, 9.17) is 5.11 Å². The van der Waals surface area contributed by atoms with Gasteiger partial charge in [-0.15, -0.1) is 0 Å². The van der Waals surface area contributed by atoms with Crippen molar-refractivity contribution in [1.29, 1.82) is 0 Å². The van der Waals surface area contributed by atoms with E-state index in [2.05, 4.69) is 10.3 Å². The molecule has 5 heteroatoms. The maximum atomic E-state index is 12.0. The van der Waals surface area contributed by atoms with Crippen LogP contribution in [0, 0.1) is 6.92 Å². The van der Waals surface area contributed by atoms with Crippen molar-refractivity contribution >= 4 is 11.9 Å². The Morgan fingerprint density at radius 2 is 1.95 bits per heavy atom. The van der Waals surface area contributed by atoms with Crippen molar-refractivity contribution in [3.63, 3.8) is 0 Å². The highest BCUT2D eigenvalue weighted by molar-refractivity contribution is 5.94. The fraction of sp³-hybridized carbons (Fsp3) is 0.500. The van der Waals surface area contributed by atoms with Crippen molar-refractivity contribution < 1.29 is 14.7 Å². The van der Waals surface area contributed by atoms with Crippen LogP contribution in [0.5, 0.6) is 0 Å². The number of carboxylic acid groups (broad SMARTS) is 1. The summed E-state index contributed by atoms with van der Waals surface area (Å²) in [6, 6.07) is 3.12. The summed E-state index contributed by atoms with van der Waals surface area (Å²) in [6.07, 6.45) is 5.55. The van der Waals surface area contributed by atoms with E-state index in [9.17, 15) is 9.59 Å². The minimum absolute atomic E-state index is 0.134. The minimum Gasteiger partial charge on any atom is -0.478 e. The second-order valence-corrected chi connectivity index (χ2v) is 4.94. The minimum atomic E-state index is -1.02. The van der Waals surface area contributed by atoms with Gasteiger partial charge in [0.05, 0.1) is 11.3 Å². The van der Waals surface area contributed by atoms with Crippen LogP contribution in [0.1, 0.15) is 58.6 Å². The number of aromatic carboxylic acids is 1. The van der Waals surface area contributed by atoms with Gasteiger partial charge in [-0.2, -0.15) is 0 Å². The van der Waals surface area contributed by atoms with Gasteiger partial charge in [0, 0.05) is 6.04 Å². The van der Waals surface area contributed by atoms with Crippen molar-refractivity contribution in [2.24, 2.45) is 0 Å². The summed E-state index contributed by atoms with van der Waals surface area (Å²) in [5.41, 5.74) is 0.783. The summed E-state index contributed by atoms with van der Waals surface area (Å²) in [5, 5.41) is 11.9. The third-order valence-corrected chi connectivity index (χ3v) is 3.49. The molecule has 1 amide bonds. The molecule has 19 heavy (non-hydrogen) atoms. The Bertz CT molecular complexity index is 493. The molecule has 0 aromatic carbocycles. The van der Waals surface area contributed by atoms with Crippen LogP contribution in [0.25, 0.3) is 0 Å². The van der Waals surface area contributed by atoms with E-state index in [-0.39, 0.29) is 23.2 Å². The number of carbonyl (C=O) groups excluding carboxylic acids is 1. The summed E-state index contributed by atoms with van der Waals surface area (Å²) < 4.78 is 0. The molecule has 2 rings (SSSR count). The lowest BCUT2D eigenvalue weighted by Gasteiger charge is -2.22. The van der Waals surface area contributed by atoms with E-state index in [1.807, 2.05) is 0 Å². The summed E-state index contributed by atoms with van der Waals surface area (Å²) in [5.74, 6) is -1.24. The van der Waals surface area contributed by atoms with Gasteiger partial charge in [0.25, 0.3) is 5.91 Å². The van der Waals surface area contributed by atoms with E-state index in [1.54, 1.807) is 6.92 Å². The van der Waals surface area contributed by atoms with E-state index < -0.39 is 5.97 Å². The molecular weight excluding hydrogens is 244 g/mol. The topological polar surface area (TPSA) is 79.3 Å². The number of hydrogen-bond acceptors (Lipinski definition) is 3. The van der Waals surface area contributed by atoms with Crippen LogP contribution in [0.2, 0.25) is 0 Å². The molecule has 102 valence electrons. The Hall–Kier alpha value is -1.91. The number of nitrogens with one attached hydrogen (secondary N) is 1. The van der Waals surface area contributed by atoms with Crippen LogP contribution in [0.4, 0.5) is 0 Å². The SMILES string of the molecule is Cc1nc(C(=O)NC2CCCCC2)ccc1C(=O)O. The maximum absolute atomic E-state index is 12.0. The molecule has 0 bridgehead atoms. The number of nitrogens with zero attached hydrogens (tertiary/aromatic N) is 1. The largest absolute Gasteiger partial charge is 0.478 e. The molecule has 1 saturated carbocycles. The summed E-state index contributed by atoms with van der Waals surface area (Å²) in [7, 11) is 0. The number of carbonyl (C=O) groups is 2. The van der Waals surface area contributed by atoms with Crippen LogP contribution in [0.15, 0.2) is 12.1 Å². The molecule has 1 heterocycles. The van der Waals surface area contributed by atoms with Gasteiger partial charge in [0.2, 0.25) is 0 Å². The number of rotatable bonds is 3. The predicted octanol–water partition coefficient (Wildman–Crippen LogP) is 2.15. The number of hydrogen-bond donors (Lipinski definition) is 2. The van der Waals surface area contributed by atoms with Gasteiger partial charge in [-0.3, -0.25) is 4.79 Å². The standard InChI is InChI=1S/C14H18N2O3/c1-9-11(14(18)19)7-8-12(15-9)13(17)16-10-5-3-2-4-6-10/h7-8,10H,2-6H2,1H3,(H,16,17)(H,18,19). The Morgan fingerprint density at radius 1 is 1.26 bits per heavy atom. The average molecular weight is 262 g/mol. The quantitative estimate of drug-likeness (QED) is 0.874. The van der Waals surface area contributed by atoms with Gasteiger partial charge in [-0.1, -0.05) is 19.3 Å². The van der Waals surface area contributed by atoms with Crippen molar-refractivity contribution in [1.82, 2.24) is 10.3 Å². The van der Waals surface area contributed by atoms with Crippen molar-refractivity contribution in [2.75, 3.05) is 0 Å². The monoisotopic (exact) mass is 262 g/mol. The highest BCUT2D eigenvalue weighted by atomic mass is 16.4. The van der Waals surface area contributed by atoms with Crippen LogP contribution >= 0.6 is 0 Å². The molecule has 1 aliphatic rings. The zero-order valence-corrected chi connectivity index (χ0v) is 11.0. The molecular formula is C14H18N2O3. The van der Waals surface area contributed by atoms with Gasteiger partial charge in [0.15, 0.2) is 0 Å². The number of amides is 1. The van der Waals surface area contributed by atoms with Crippen LogP contribution in [0.3, 0.4) is 0 Å². The number of aromatic nitrogens is 1. The molecule has 1 fully saturated rings. The first-order valence-corrected chi connectivity index (χ1v) is 6.59. The second-order valence-electron chi connectivity index (χ2n) is 4.94. The van der Waals surface area contributed by atoms with Crippen molar-refractivity contribution in [3.8, 4) is 0 Å². The zero-order valence-electron chi connectivity index (χ0n) is 11.0. The van der Waals surface area contributed by atoms with Gasteiger partial charge in [-0.05, 0) is 31.9 Å². The van der Waals surface area contributed by atoms with Crippen LogP contribution in [-0.2, 0) is 0 Å². The lowest BCUT2D eigenvalue weighted by Crippen LogP contribution is -2.36. The van der Waals surface area contributed by atoms with E-state index >= 15 is 0 Å². The lowest BCUT2D eigenvalue weighted by molar-refractivity contribution is 0.0694. The number of pyridine rings is 1. The summed E-state index contributed by atoms with van der Waals surface area (Å²) in [4.78, 5) is 27.0. The van der Waals surface area contributed by atoms with Gasteiger partial charge in [-0.25, -0.2) is 9.78 Å². The third kappa shape index (κ3) is 3.30. The molecule has 0 aliphatic heterocycles. The first-order chi connectivity index (χ1) is 9.08. The molecule has 0 saturated heterocycles. The van der Waals surface area contributed by atoms with Gasteiger partial charge < -0.3 is 10.4 Å². The molecule has 2 N–H and O–H groups in total. The lowest BCUT2D eigenvalue weighted by atomic mass is 9.95. The Morgan fingerprint density at radius 3 is 2.53 bits per heavy atom. The number of aryl methyl sites for hydroxylation is 1. The van der Waals surface area contributed by atoms with E-state index in [0.29, 0.717) is 5.69 Å². The van der Waals surface area contributed by atoms with Gasteiger partial charge in [0.1, 0.15) is 5.69 Å². The predicted molar refractivity (Wildman–Crippen MR) is 70.3 cm³/mol. The Labute approximate surface area is 112 Å². The van der Waals surface area contributed by atoms with Crippen LogP contribution in [-0.4, -0.2) is 28.0 Å². The molecule has 1 aromatic rings. The molecule has 0 radical (unpaired) electrons.